The maximum atomic E-state index is 13.6. The van der Waals surface area contributed by atoms with Crippen molar-refractivity contribution in [2.24, 2.45) is 7.05 Å². The van der Waals surface area contributed by atoms with E-state index in [4.69, 9.17) is 0 Å². The summed E-state index contributed by atoms with van der Waals surface area (Å²) in [6.45, 7) is 1.91. The van der Waals surface area contributed by atoms with Crippen molar-refractivity contribution < 1.29 is 14.3 Å². The van der Waals surface area contributed by atoms with Crippen LogP contribution in [0.3, 0.4) is 0 Å². The van der Waals surface area contributed by atoms with Crippen molar-refractivity contribution in [3.8, 4) is 0 Å². The zero-order valence-electron chi connectivity index (χ0n) is 12.6. The van der Waals surface area contributed by atoms with Crippen molar-refractivity contribution in [3.63, 3.8) is 0 Å². The van der Waals surface area contributed by atoms with Crippen molar-refractivity contribution in [2.75, 3.05) is 0 Å². The fourth-order valence-corrected chi connectivity index (χ4v) is 3.50. The average molecular weight is 315 g/mol. The van der Waals surface area contributed by atoms with E-state index >= 15 is 0 Å². The predicted octanol–water partition coefficient (Wildman–Crippen LogP) is 1.48. The highest BCUT2D eigenvalue weighted by Crippen LogP contribution is 2.49. The van der Waals surface area contributed by atoms with Crippen LogP contribution in [0.1, 0.15) is 36.2 Å². The van der Waals surface area contributed by atoms with Gasteiger partial charge in [-0.1, -0.05) is 0 Å². The molecule has 0 saturated heterocycles. The minimum Gasteiger partial charge on any atom is -0.481 e. The molecule has 0 amide bonds. The van der Waals surface area contributed by atoms with Crippen molar-refractivity contribution in [1.82, 2.24) is 24.4 Å². The summed E-state index contributed by atoms with van der Waals surface area (Å²) in [5, 5.41) is 17.9. The van der Waals surface area contributed by atoms with E-state index in [0.29, 0.717) is 23.3 Å². The fourth-order valence-electron chi connectivity index (χ4n) is 3.50. The van der Waals surface area contributed by atoms with Crippen LogP contribution in [0.25, 0.3) is 5.65 Å². The van der Waals surface area contributed by atoms with Crippen LogP contribution >= 0.6 is 0 Å². The first-order chi connectivity index (χ1) is 10.9. The van der Waals surface area contributed by atoms with E-state index in [1.165, 1.54) is 16.8 Å². The van der Waals surface area contributed by atoms with Gasteiger partial charge in [-0.2, -0.15) is 9.49 Å². The number of carboxylic acids is 1. The van der Waals surface area contributed by atoms with E-state index in [0.717, 1.165) is 5.69 Å². The van der Waals surface area contributed by atoms with Crippen molar-refractivity contribution >= 4 is 11.6 Å². The van der Waals surface area contributed by atoms with Gasteiger partial charge in [-0.3, -0.25) is 9.48 Å². The average Bonchev–Trinajstić information content (AvgIpc) is 3.14. The Hall–Kier alpha value is -2.77. The van der Waals surface area contributed by atoms with Crippen LogP contribution in [-0.4, -0.2) is 35.5 Å². The van der Waals surface area contributed by atoms with Gasteiger partial charge in [-0.25, -0.2) is 9.50 Å². The van der Waals surface area contributed by atoms with E-state index in [1.54, 1.807) is 17.9 Å². The summed E-state index contributed by atoms with van der Waals surface area (Å²) in [4.78, 5) is 15.8. The summed E-state index contributed by atoms with van der Waals surface area (Å²) in [5.41, 5.74) is 1.60. The van der Waals surface area contributed by atoms with Gasteiger partial charge in [-0.15, -0.1) is 5.10 Å². The smallest absolute Gasteiger partial charge is 0.311 e. The minimum atomic E-state index is -0.931. The number of halogens is 1. The molecule has 4 rings (SSSR count). The number of rotatable bonds is 2. The first-order valence-corrected chi connectivity index (χ1v) is 7.18. The van der Waals surface area contributed by atoms with Crippen LogP contribution in [0.4, 0.5) is 4.39 Å². The molecular formula is C15H14FN5O2. The third kappa shape index (κ3) is 1.81. The van der Waals surface area contributed by atoms with Gasteiger partial charge < -0.3 is 5.11 Å². The van der Waals surface area contributed by atoms with Crippen LogP contribution in [0.5, 0.6) is 0 Å². The normalized spacial score (nSPS) is 23.3. The zero-order chi connectivity index (χ0) is 16.4. The fraction of sp³-hybridized carbons (Fsp3) is 0.333. The lowest BCUT2D eigenvalue weighted by molar-refractivity contribution is -0.138. The molecule has 1 aliphatic carbocycles. The number of hydrogen-bond acceptors (Lipinski definition) is 4. The zero-order valence-corrected chi connectivity index (χ0v) is 12.6. The number of carboxylic acid groups (broad SMARTS) is 1. The number of nitrogens with zero attached hydrogens (tertiary/aromatic N) is 5. The van der Waals surface area contributed by atoms with Gasteiger partial charge in [0.25, 0.3) is 0 Å². The standard InChI is InChI=1S/C15H14FN5O2/c1-15(10-3-4-20(2)18-10)6-8(14(22)23)9-7-17-12-5-11(16)19-21(12)13(9)15/h3-5,7-8H,6H2,1-2H3,(H,22,23). The van der Waals surface area contributed by atoms with Crippen LogP contribution in [-0.2, 0) is 17.3 Å². The monoisotopic (exact) mass is 315 g/mol. The summed E-state index contributed by atoms with van der Waals surface area (Å²) in [7, 11) is 1.80. The first-order valence-electron chi connectivity index (χ1n) is 7.18. The molecule has 0 aromatic carbocycles. The van der Waals surface area contributed by atoms with Crippen LogP contribution in [0, 0.1) is 5.95 Å². The second-order valence-corrected chi connectivity index (χ2v) is 6.10. The largest absolute Gasteiger partial charge is 0.481 e. The van der Waals surface area contributed by atoms with Gasteiger partial charge in [0, 0.05) is 31.1 Å². The molecule has 0 fully saturated rings. The topological polar surface area (TPSA) is 85.3 Å². The molecule has 8 heteroatoms. The molecule has 0 radical (unpaired) electrons. The molecule has 118 valence electrons. The molecule has 3 aromatic heterocycles. The lowest BCUT2D eigenvalue weighted by Gasteiger charge is -2.23. The molecule has 0 bridgehead atoms. The predicted molar refractivity (Wildman–Crippen MR) is 77.6 cm³/mol. The Morgan fingerprint density at radius 2 is 2.26 bits per heavy atom. The molecule has 1 aliphatic rings. The maximum Gasteiger partial charge on any atom is 0.311 e. The number of aliphatic carboxylic acids is 1. The van der Waals surface area contributed by atoms with E-state index in [2.05, 4.69) is 15.2 Å². The highest BCUT2D eigenvalue weighted by Gasteiger charge is 2.48. The third-order valence-corrected chi connectivity index (χ3v) is 4.57. The Labute approximate surface area is 130 Å². The van der Waals surface area contributed by atoms with Crippen LogP contribution in [0.2, 0.25) is 0 Å². The summed E-state index contributed by atoms with van der Waals surface area (Å²) in [6, 6.07) is 3.08. The third-order valence-electron chi connectivity index (χ3n) is 4.57. The molecule has 2 atom stereocenters. The molecular weight excluding hydrogens is 301 g/mol. The number of hydrogen-bond donors (Lipinski definition) is 1. The Morgan fingerprint density at radius 1 is 1.48 bits per heavy atom. The van der Waals surface area contributed by atoms with Crippen LogP contribution < -0.4 is 0 Å². The van der Waals surface area contributed by atoms with Crippen molar-refractivity contribution in [2.45, 2.75) is 24.7 Å². The summed E-state index contributed by atoms with van der Waals surface area (Å²) in [5.74, 6) is -2.30. The van der Waals surface area contributed by atoms with Crippen LogP contribution in [0.15, 0.2) is 24.5 Å². The van der Waals surface area contributed by atoms with E-state index in [1.807, 2.05) is 13.0 Å². The minimum absolute atomic E-state index is 0.330. The molecule has 7 nitrogen and oxygen atoms in total. The molecule has 2 unspecified atom stereocenters. The van der Waals surface area contributed by atoms with Gasteiger partial charge >= 0.3 is 5.97 Å². The van der Waals surface area contributed by atoms with Gasteiger partial charge in [0.05, 0.1) is 22.7 Å². The number of aromatic nitrogens is 5. The Balaban J connectivity index is 2.05. The van der Waals surface area contributed by atoms with E-state index < -0.39 is 23.2 Å². The Kier molecular flexibility index (Phi) is 2.64. The number of carbonyl (C=O) groups is 1. The lowest BCUT2D eigenvalue weighted by Crippen LogP contribution is -2.25. The lowest BCUT2D eigenvalue weighted by atomic mass is 9.83. The van der Waals surface area contributed by atoms with Gasteiger partial charge in [0.2, 0.25) is 5.95 Å². The summed E-state index contributed by atoms with van der Waals surface area (Å²) < 4.78 is 16.7. The van der Waals surface area contributed by atoms with E-state index in [-0.39, 0.29) is 0 Å². The molecule has 0 spiro atoms. The number of fused-ring (bicyclic) bond motifs is 3. The molecule has 3 aromatic rings. The SMILES string of the molecule is Cn1ccc(C2(C)CC(C(=O)O)c3cnc4cc(F)nn4c32)n1. The molecule has 1 N–H and O–H groups in total. The van der Waals surface area contributed by atoms with Gasteiger partial charge in [0.1, 0.15) is 0 Å². The second kappa shape index (κ2) is 4.37. The maximum absolute atomic E-state index is 13.6. The van der Waals surface area contributed by atoms with E-state index in [9.17, 15) is 14.3 Å². The highest BCUT2D eigenvalue weighted by atomic mass is 19.1. The van der Waals surface area contributed by atoms with Crippen molar-refractivity contribution in [1.29, 1.82) is 0 Å². The molecule has 23 heavy (non-hydrogen) atoms. The second-order valence-electron chi connectivity index (χ2n) is 6.10. The highest BCUT2D eigenvalue weighted by molar-refractivity contribution is 5.79. The van der Waals surface area contributed by atoms with Gasteiger partial charge in [0.15, 0.2) is 5.65 Å². The number of aryl methyl sites for hydroxylation is 1. The van der Waals surface area contributed by atoms with Crippen molar-refractivity contribution in [3.05, 3.63) is 47.4 Å². The first kappa shape index (κ1) is 13.9. The summed E-state index contributed by atoms with van der Waals surface area (Å²) >= 11 is 0. The Morgan fingerprint density at radius 3 is 2.91 bits per heavy atom. The molecule has 3 heterocycles. The quantitative estimate of drug-likeness (QED) is 0.774. The summed E-state index contributed by atoms with van der Waals surface area (Å²) in [6.07, 6.45) is 3.64. The molecule has 0 saturated carbocycles. The molecule has 0 aliphatic heterocycles. The van der Waals surface area contributed by atoms with Gasteiger partial charge in [-0.05, 0) is 19.4 Å². The Bertz CT molecular complexity index is 947.